The molecule has 10 heteroatoms. The SMILES string of the molecule is COc1ccccc1NC(=O)c1cnc(SCC(=O)NC[C@@H]2CCCO2)n(C)c1=O. The lowest BCUT2D eigenvalue weighted by Gasteiger charge is -2.12. The minimum Gasteiger partial charge on any atom is -0.495 e. The van der Waals surface area contributed by atoms with Gasteiger partial charge in [-0.1, -0.05) is 23.9 Å². The van der Waals surface area contributed by atoms with Crippen molar-refractivity contribution in [3.63, 3.8) is 0 Å². The maximum Gasteiger partial charge on any atom is 0.266 e. The number of benzene rings is 1. The number of carbonyl (C=O) groups excluding carboxylic acids is 2. The molecule has 9 nitrogen and oxygen atoms in total. The Labute approximate surface area is 178 Å². The largest absolute Gasteiger partial charge is 0.495 e. The molecular weight excluding hydrogens is 408 g/mol. The van der Waals surface area contributed by atoms with E-state index in [0.717, 1.165) is 31.2 Å². The van der Waals surface area contributed by atoms with Crippen LogP contribution >= 0.6 is 11.8 Å². The quantitative estimate of drug-likeness (QED) is 0.479. The first-order valence-corrected chi connectivity index (χ1v) is 10.5. The number of aromatic nitrogens is 2. The molecule has 0 spiro atoms. The highest BCUT2D eigenvalue weighted by atomic mass is 32.2. The van der Waals surface area contributed by atoms with Crippen LogP contribution in [0.15, 0.2) is 40.4 Å². The fourth-order valence-electron chi connectivity index (χ4n) is 2.97. The first-order valence-electron chi connectivity index (χ1n) is 9.51. The summed E-state index contributed by atoms with van der Waals surface area (Å²) in [5.41, 5.74) is -0.149. The molecule has 1 fully saturated rings. The molecule has 0 aliphatic carbocycles. The highest BCUT2D eigenvalue weighted by molar-refractivity contribution is 7.99. The molecule has 2 amide bonds. The Kier molecular flexibility index (Phi) is 7.47. The molecule has 0 unspecified atom stereocenters. The van der Waals surface area contributed by atoms with Gasteiger partial charge < -0.3 is 20.1 Å². The van der Waals surface area contributed by atoms with Crippen LogP contribution in [0.3, 0.4) is 0 Å². The van der Waals surface area contributed by atoms with Gasteiger partial charge in [0.25, 0.3) is 11.5 Å². The number of para-hydroxylation sites is 2. The third kappa shape index (κ3) is 5.39. The van der Waals surface area contributed by atoms with Crippen LogP contribution in [0.25, 0.3) is 0 Å². The van der Waals surface area contributed by atoms with Gasteiger partial charge in [0.1, 0.15) is 11.3 Å². The van der Waals surface area contributed by atoms with Crippen LogP contribution in [0.1, 0.15) is 23.2 Å². The van der Waals surface area contributed by atoms with Crippen molar-refractivity contribution < 1.29 is 19.1 Å². The summed E-state index contributed by atoms with van der Waals surface area (Å²) < 4.78 is 11.9. The molecule has 2 aromatic rings. The second-order valence-corrected chi connectivity index (χ2v) is 7.64. The first kappa shape index (κ1) is 21.8. The lowest BCUT2D eigenvalue weighted by Crippen LogP contribution is -2.33. The van der Waals surface area contributed by atoms with Gasteiger partial charge in [-0.3, -0.25) is 19.0 Å². The highest BCUT2D eigenvalue weighted by Gasteiger charge is 2.18. The average Bonchev–Trinajstić information content (AvgIpc) is 3.27. The Morgan fingerprint density at radius 2 is 2.17 bits per heavy atom. The van der Waals surface area contributed by atoms with Crippen molar-refractivity contribution in [2.24, 2.45) is 7.05 Å². The molecule has 2 heterocycles. The van der Waals surface area contributed by atoms with Gasteiger partial charge in [0.15, 0.2) is 5.16 Å². The zero-order valence-corrected chi connectivity index (χ0v) is 17.7. The predicted molar refractivity (Wildman–Crippen MR) is 113 cm³/mol. The van der Waals surface area contributed by atoms with E-state index in [1.807, 2.05) is 0 Å². The Hall–Kier alpha value is -2.85. The molecule has 30 heavy (non-hydrogen) atoms. The van der Waals surface area contributed by atoms with Gasteiger partial charge in [0.05, 0.1) is 24.7 Å². The van der Waals surface area contributed by atoms with E-state index in [4.69, 9.17) is 9.47 Å². The third-order valence-electron chi connectivity index (χ3n) is 4.61. The van der Waals surface area contributed by atoms with Crippen LogP contribution in [-0.2, 0) is 16.6 Å². The summed E-state index contributed by atoms with van der Waals surface area (Å²) in [6, 6.07) is 6.90. The standard InChI is InChI=1S/C20H24N4O5S/c1-24-19(27)14(18(26)23-15-7-3-4-8-16(15)28-2)11-22-20(24)30-12-17(25)21-10-13-6-5-9-29-13/h3-4,7-8,11,13H,5-6,9-10,12H2,1-2H3,(H,21,25)(H,23,26)/t13-/m0/s1. The number of hydrogen-bond donors (Lipinski definition) is 2. The number of rotatable bonds is 8. The van der Waals surface area contributed by atoms with E-state index in [9.17, 15) is 14.4 Å². The van der Waals surface area contributed by atoms with Gasteiger partial charge in [-0.2, -0.15) is 0 Å². The fourth-order valence-corrected chi connectivity index (χ4v) is 3.74. The van der Waals surface area contributed by atoms with Gasteiger partial charge in [0.2, 0.25) is 5.91 Å². The van der Waals surface area contributed by atoms with E-state index in [2.05, 4.69) is 15.6 Å². The van der Waals surface area contributed by atoms with Crippen molar-refractivity contribution in [1.29, 1.82) is 0 Å². The van der Waals surface area contributed by atoms with Crippen molar-refractivity contribution in [2.45, 2.75) is 24.1 Å². The minimum atomic E-state index is -0.585. The molecule has 1 aromatic heterocycles. The van der Waals surface area contributed by atoms with E-state index >= 15 is 0 Å². The van der Waals surface area contributed by atoms with Gasteiger partial charge in [-0.15, -0.1) is 0 Å². The lowest BCUT2D eigenvalue weighted by atomic mass is 10.2. The number of methoxy groups -OCH3 is 1. The molecule has 1 aliphatic heterocycles. The first-order chi connectivity index (χ1) is 14.5. The molecule has 160 valence electrons. The maximum atomic E-state index is 12.6. The number of amides is 2. The molecule has 2 N–H and O–H groups in total. The number of hydrogen-bond acceptors (Lipinski definition) is 7. The summed E-state index contributed by atoms with van der Waals surface area (Å²) in [4.78, 5) is 41.4. The molecule has 0 radical (unpaired) electrons. The molecule has 1 aromatic carbocycles. The highest BCUT2D eigenvalue weighted by Crippen LogP contribution is 2.23. The van der Waals surface area contributed by atoms with E-state index < -0.39 is 11.5 Å². The lowest BCUT2D eigenvalue weighted by molar-refractivity contribution is -0.119. The minimum absolute atomic E-state index is 0.0717. The monoisotopic (exact) mass is 432 g/mol. The summed E-state index contributed by atoms with van der Waals surface area (Å²) in [6.07, 6.45) is 3.25. The van der Waals surface area contributed by atoms with Crippen LogP contribution in [0.5, 0.6) is 5.75 Å². The molecular formula is C20H24N4O5S. The fraction of sp³-hybridized carbons (Fsp3) is 0.400. The molecule has 1 atom stereocenters. The van der Waals surface area contributed by atoms with E-state index in [1.54, 1.807) is 24.3 Å². The van der Waals surface area contributed by atoms with Crippen molar-refractivity contribution in [1.82, 2.24) is 14.9 Å². The van der Waals surface area contributed by atoms with E-state index in [0.29, 0.717) is 23.1 Å². The summed E-state index contributed by atoms with van der Waals surface area (Å²) in [7, 11) is 3.01. The Morgan fingerprint density at radius 1 is 1.37 bits per heavy atom. The number of nitrogens with one attached hydrogen (secondary N) is 2. The van der Waals surface area contributed by atoms with Gasteiger partial charge >= 0.3 is 0 Å². The van der Waals surface area contributed by atoms with Crippen molar-refractivity contribution >= 4 is 29.3 Å². The van der Waals surface area contributed by atoms with E-state index in [1.165, 1.54) is 24.9 Å². The molecule has 0 saturated carbocycles. The molecule has 1 aliphatic rings. The molecule has 0 bridgehead atoms. The van der Waals surface area contributed by atoms with Crippen LogP contribution < -0.4 is 20.9 Å². The number of ether oxygens (including phenoxy) is 2. The van der Waals surface area contributed by atoms with Gasteiger partial charge in [-0.25, -0.2) is 4.98 Å². The summed E-state index contributed by atoms with van der Waals surface area (Å²) in [5.74, 6) is -0.155. The van der Waals surface area contributed by atoms with Crippen molar-refractivity contribution in [3.8, 4) is 5.75 Å². The summed E-state index contributed by atoms with van der Waals surface area (Å²) >= 11 is 1.13. The number of thioether (sulfide) groups is 1. The van der Waals surface area contributed by atoms with Crippen LogP contribution in [0, 0.1) is 0 Å². The molecule has 3 rings (SSSR count). The third-order valence-corrected chi connectivity index (χ3v) is 5.65. The zero-order chi connectivity index (χ0) is 21.5. The summed E-state index contributed by atoms with van der Waals surface area (Å²) in [6.45, 7) is 1.21. The Morgan fingerprint density at radius 3 is 2.90 bits per heavy atom. The second kappa shape index (κ2) is 10.3. The number of nitrogens with zero attached hydrogens (tertiary/aromatic N) is 2. The maximum absolute atomic E-state index is 12.6. The van der Waals surface area contributed by atoms with Gasteiger partial charge in [-0.05, 0) is 25.0 Å². The normalized spacial score (nSPS) is 15.6. The van der Waals surface area contributed by atoms with Crippen molar-refractivity contribution in [2.75, 3.05) is 31.3 Å². The topological polar surface area (TPSA) is 112 Å². The zero-order valence-electron chi connectivity index (χ0n) is 16.8. The average molecular weight is 433 g/mol. The Balaban J connectivity index is 1.61. The van der Waals surface area contributed by atoms with Crippen LogP contribution in [0.4, 0.5) is 5.69 Å². The van der Waals surface area contributed by atoms with Gasteiger partial charge in [0, 0.05) is 26.4 Å². The second-order valence-electron chi connectivity index (χ2n) is 6.70. The van der Waals surface area contributed by atoms with E-state index in [-0.39, 0.29) is 23.3 Å². The predicted octanol–water partition coefficient (Wildman–Crippen LogP) is 1.43. The van der Waals surface area contributed by atoms with Crippen LogP contribution in [-0.4, -0.2) is 53.5 Å². The smallest absolute Gasteiger partial charge is 0.266 e. The summed E-state index contributed by atoms with van der Waals surface area (Å²) in [5, 5.41) is 5.83. The number of anilines is 1. The van der Waals surface area contributed by atoms with Crippen molar-refractivity contribution in [3.05, 3.63) is 46.4 Å². The Bertz CT molecular complexity index is 972. The van der Waals surface area contributed by atoms with Crippen LogP contribution in [0.2, 0.25) is 0 Å². The molecule has 1 saturated heterocycles. The number of carbonyl (C=O) groups is 2.